The van der Waals surface area contributed by atoms with Gasteiger partial charge in [-0.2, -0.15) is 0 Å². The standard InChI is InChI=1S/C21H28N2O3S/c1-3-23-13-4-5-19-15-18(8-11-21(19)23)16-22-27(24,25)20-9-6-17(7-10-20)12-14-26-2/h6-11,15,22H,3-5,12-14,16H2,1-2H3. The third-order valence-corrected chi connectivity index (χ3v) is 6.45. The van der Waals surface area contributed by atoms with Crippen molar-refractivity contribution in [2.75, 3.05) is 31.7 Å². The summed E-state index contributed by atoms with van der Waals surface area (Å²) in [6, 6.07) is 13.2. The molecule has 146 valence electrons. The van der Waals surface area contributed by atoms with E-state index in [1.165, 1.54) is 11.3 Å². The molecule has 0 spiro atoms. The third kappa shape index (κ3) is 4.89. The summed E-state index contributed by atoms with van der Waals surface area (Å²) in [6.45, 7) is 5.18. The number of fused-ring (bicyclic) bond motifs is 1. The van der Waals surface area contributed by atoms with Crippen LogP contribution in [0.25, 0.3) is 0 Å². The van der Waals surface area contributed by atoms with E-state index in [0.29, 0.717) is 18.0 Å². The van der Waals surface area contributed by atoms with Gasteiger partial charge in [-0.1, -0.05) is 24.3 Å². The van der Waals surface area contributed by atoms with Gasteiger partial charge in [-0.25, -0.2) is 13.1 Å². The Morgan fingerprint density at radius 3 is 2.56 bits per heavy atom. The molecular weight excluding hydrogens is 360 g/mol. The van der Waals surface area contributed by atoms with Crippen molar-refractivity contribution in [2.24, 2.45) is 0 Å². The first-order valence-corrected chi connectivity index (χ1v) is 11.0. The van der Waals surface area contributed by atoms with Crippen molar-refractivity contribution in [2.45, 2.75) is 37.6 Å². The molecule has 3 rings (SSSR count). The maximum Gasteiger partial charge on any atom is 0.240 e. The molecule has 1 aliphatic rings. The number of benzene rings is 2. The van der Waals surface area contributed by atoms with Crippen LogP contribution < -0.4 is 9.62 Å². The van der Waals surface area contributed by atoms with Crippen LogP contribution in [0.2, 0.25) is 0 Å². The highest BCUT2D eigenvalue weighted by Gasteiger charge is 2.17. The second-order valence-electron chi connectivity index (χ2n) is 6.86. The molecule has 0 aliphatic carbocycles. The van der Waals surface area contributed by atoms with Crippen LogP contribution in [0.5, 0.6) is 0 Å². The fourth-order valence-corrected chi connectivity index (χ4v) is 4.50. The maximum atomic E-state index is 12.6. The van der Waals surface area contributed by atoms with Crippen molar-refractivity contribution in [1.29, 1.82) is 0 Å². The lowest BCUT2D eigenvalue weighted by atomic mass is 9.99. The maximum absolute atomic E-state index is 12.6. The molecule has 0 saturated carbocycles. The Hall–Kier alpha value is -1.89. The van der Waals surface area contributed by atoms with Crippen molar-refractivity contribution in [3.05, 3.63) is 59.2 Å². The summed E-state index contributed by atoms with van der Waals surface area (Å²) < 4.78 is 32.9. The van der Waals surface area contributed by atoms with Crippen LogP contribution >= 0.6 is 0 Å². The van der Waals surface area contributed by atoms with E-state index in [9.17, 15) is 8.42 Å². The number of rotatable bonds is 8. The molecule has 5 nitrogen and oxygen atoms in total. The van der Waals surface area contributed by atoms with Gasteiger partial charge in [0.15, 0.2) is 0 Å². The quantitative estimate of drug-likeness (QED) is 0.755. The van der Waals surface area contributed by atoms with Gasteiger partial charge in [0.1, 0.15) is 0 Å². The molecule has 6 heteroatoms. The van der Waals surface area contributed by atoms with Crippen molar-refractivity contribution < 1.29 is 13.2 Å². The van der Waals surface area contributed by atoms with Gasteiger partial charge in [-0.15, -0.1) is 0 Å². The van der Waals surface area contributed by atoms with E-state index < -0.39 is 10.0 Å². The molecule has 0 radical (unpaired) electrons. The van der Waals surface area contributed by atoms with Gasteiger partial charge in [0.05, 0.1) is 11.5 Å². The molecule has 1 heterocycles. The lowest BCUT2D eigenvalue weighted by molar-refractivity contribution is 0.202. The second kappa shape index (κ2) is 8.87. The topological polar surface area (TPSA) is 58.6 Å². The highest BCUT2D eigenvalue weighted by Crippen LogP contribution is 2.27. The first kappa shape index (κ1) is 19.9. The number of hydrogen-bond acceptors (Lipinski definition) is 4. The summed E-state index contributed by atoms with van der Waals surface area (Å²) in [5.74, 6) is 0. The highest BCUT2D eigenvalue weighted by atomic mass is 32.2. The van der Waals surface area contributed by atoms with E-state index in [2.05, 4.69) is 28.7 Å². The number of methoxy groups -OCH3 is 1. The lowest BCUT2D eigenvalue weighted by Crippen LogP contribution is -2.29. The van der Waals surface area contributed by atoms with Crippen LogP contribution in [0, 0.1) is 0 Å². The van der Waals surface area contributed by atoms with Crippen LogP contribution in [0.3, 0.4) is 0 Å². The van der Waals surface area contributed by atoms with Gasteiger partial charge >= 0.3 is 0 Å². The Kier molecular flexibility index (Phi) is 6.52. The highest BCUT2D eigenvalue weighted by molar-refractivity contribution is 7.89. The fraction of sp³-hybridized carbons (Fsp3) is 0.429. The van der Waals surface area contributed by atoms with E-state index in [-0.39, 0.29) is 0 Å². The molecule has 2 aromatic carbocycles. The molecule has 0 saturated heterocycles. The number of nitrogens with one attached hydrogen (secondary N) is 1. The number of hydrogen-bond donors (Lipinski definition) is 1. The molecule has 0 fully saturated rings. The first-order chi connectivity index (χ1) is 13.0. The van der Waals surface area contributed by atoms with Crippen molar-refractivity contribution >= 4 is 15.7 Å². The first-order valence-electron chi connectivity index (χ1n) is 9.48. The summed E-state index contributed by atoms with van der Waals surface area (Å²) >= 11 is 0. The summed E-state index contributed by atoms with van der Waals surface area (Å²) in [5, 5.41) is 0. The van der Waals surface area contributed by atoms with Crippen LogP contribution in [-0.4, -0.2) is 35.2 Å². The average Bonchev–Trinajstić information content (AvgIpc) is 2.70. The molecular formula is C21H28N2O3S. The zero-order valence-electron chi connectivity index (χ0n) is 16.1. The van der Waals surface area contributed by atoms with E-state index >= 15 is 0 Å². The van der Waals surface area contributed by atoms with Gasteiger partial charge < -0.3 is 9.64 Å². The van der Waals surface area contributed by atoms with E-state index in [4.69, 9.17) is 4.74 Å². The predicted octanol–water partition coefficient (Wildman–Crippen LogP) is 3.13. The van der Waals surface area contributed by atoms with Gasteiger partial charge in [-0.3, -0.25) is 0 Å². The molecule has 0 aromatic heterocycles. The molecule has 1 N–H and O–H groups in total. The Labute approximate surface area is 162 Å². The minimum Gasteiger partial charge on any atom is -0.384 e. The Morgan fingerprint density at radius 1 is 1.11 bits per heavy atom. The molecule has 0 amide bonds. The second-order valence-corrected chi connectivity index (χ2v) is 8.62. The molecule has 27 heavy (non-hydrogen) atoms. The van der Waals surface area contributed by atoms with E-state index in [0.717, 1.165) is 43.5 Å². The monoisotopic (exact) mass is 388 g/mol. The van der Waals surface area contributed by atoms with Crippen LogP contribution in [0.15, 0.2) is 47.4 Å². The van der Waals surface area contributed by atoms with Crippen LogP contribution in [0.4, 0.5) is 5.69 Å². The molecule has 2 aromatic rings. The molecule has 0 unspecified atom stereocenters. The van der Waals surface area contributed by atoms with E-state index in [1.54, 1.807) is 19.2 Å². The number of nitrogens with zero attached hydrogens (tertiary/aromatic N) is 1. The molecule has 1 aliphatic heterocycles. The summed E-state index contributed by atoms with van der Waals surface area (Å²) in [6.07, 6.45) is 2.97. The minimum absolute atomic E-state index is 0.291. The summed E-state index contributed by atoms with van der Waals surface area (Å²) in [5.41, 5.74) is 4.64. The Morgan fingerprint density at radius 2 is 1.85 bits per heavy atom. The largest absolute Gasteiger partial charge is 0.384 e. The summed E-state index contributed by atoms with van der Waals surface area (Å²) in [7, 11) is -1.87. The zero-order chi connectivity index (χ0) is 19.3. The van der Waals surface area contributed by atoms with Gasteiger partial charge in [0.25, 0.3) is 0 Å². The lowest BCUT2D eigenvalue weighted by Gasteiger charge is -2.30. The van der Waals surface area contributed by atoms with Crippen molar-refractivity contribution in [3.63, 3.8) is 0 Å². The Bertz CT molecular complexity index is 863. The normalized spacial score (nSPS) is 14.2. The predicted molar refractivity (Wildman–Crippen MR) is 109 cm³/mol. The molecule has 0 bridgehead atoms. The number of aryl methyl sites for hydroxylation is 1. The fourth-order valence-electron chi connectivity index (χ4n) is 3.48. The Balaban J connectivity index is 1.67. The summed E-state index contributed by atoms with van der Waals surface area (Å²) in [4.78, 5) is 2.66. The van der Waals surface area contributed by atoms with Gasteiger partial charge in [0.2, 0.25) is 10.0 Å². The minimum atomic E-state index is -3.52. The van der Waals surface area contributed by atoms with Crippen LogP contribution in [0.1, 0.15) is 30.0 Å². The zero-order valence-corrected chi connectivity index (χ0v) is 16.9. The van der Waals surface area contributed by atoms with Gasteiger partial charge in [-0.05, 0) is 61.1 Å². The van der Waals surface area contributed by atoms with Crippen molar-refractivity contribution in [1.82, 2.24) is 4.72 Å². The van der Waals surface area contributed by atoms with Crippen molar-refractivity contribution in [3.8, 4) is 0 Å². The SMILES string of the molecule is CCN1CCCc2cc(CNS(=O)(=O)c3ccc(CCOC)cc3)ccc21. The number of anilines is 1. The average molecular weight is 389 g/mol. The number of ether oxygens (including phenoxy) is 1. The van der Waals surface area contributed by atoms with Crippen LogP contribution in [-0.2, 0) is 34.1 Å². The number of sulfonamides is 1. The van der Waals surface area contributed by atoms with E-state index in [1.807, 2.05) is 18.2 Å². The van der Waals surface area contributed by atoms with Gasteiger partial charge in [0, 0.05) is 32.4 Å². The smallest absolute Gasteiger partial charge is 0.240 e. The molecule has 0 atom stereocenters. The third-order valence-electron chi connectivity index (χ3n) is 5.04.